The number of likely N-dealkylation sites (N-methyl/N-ethyl adjacent to an activating group) is 1. The fraction of sp³-hybridized carbons (Fsp3) is 0.800. The molecule has 0 aromatic carbocycles. The van der Waals surface area contributed by atoms with Gasteiger partial charge in [0.1, 0.15) is 0 Å². The zero-order valence-electron chi connectivity index (χ0n) is 19.8. The van der Waals surface area contributed by atoms with Crippen LogP contribution in [0.2, 0.25) is 0 Å². The third-order valence-corrected chi connectivity index (χ3v) is 9.26. The normalized spacial score (nSPS) is 39.7. The van der Waals surface area contributed by atoms with Crippen LogP contribution in [0.5, 0.6) is 0 Å². The Morgan fingerprint density at radius 1 is 1.13 bits per heavy atom. The second-order valence-corrected chi connectivity index (χ2v) is 11.2. The van der Waals surface area contributed by atoms with Crippen LogP contribution in [0.4, 0.5) is 0 Å². The average Bonchev–Trinajstić information content (AvgIpc) is 3.03. The predicted octanol–water partition coefficient (Wildman–Crippen LogP) is 0.202. The van der Waals surface area contributed by atoms with E-state index in [1.54, 1.807) is 0 Å². The minimum Gasteiger partial charge on any atom is -1.00 e. The van der Waals surface area contributed by atoms with Gasteiger partial charge in [-0.15, -0.1) is 0 Å². The second-order valence-electron chi connectivity index (χ2n) is 11.2. The highest BCUT2D eigenvalue weighted by molar-refractivity contribution is 5.91. The van der Waals surface area contributed by atoms with Crippen molar-refractivity contribution in [3.63, 3.8) is 0 Å². The van der Waals surface area contributed by atoms with Crippen molar-refractivity contribution in [2.24, 2.45) is 39.7 Å². The Morgan fingerprint density at radius 3 is 2.58 bits per heavy atom. The molecule has 0 heterocycles. The minimum absolute atomic E-state index is 0. The first-order valence-corrected chi connectivity index (χ1v) is 11.9. The molecular weight excluding hydrogens is 503 g/mol. The number of halogens is 1. The summed E-state index contributed by atoms with van der Waals surface area (Å²) in [5.41, 5.74) is 2.90. The van der Waals surface area contributed by atoms with E-state index in [1.807, 2.05) is 20.2 Å². The van der Waals surface area contributed by atoms with E-state index < -0.39 is 0 Å². The molecule has 0 radical (unpaired) electrons. The van der Waals surface area contributed by atoms with Crippen LogP contribution in [0, 0.1) is 34.5 Å². The standard InChI is InChI=1S/C25H38N2O3.HI/c1-16(26-30-23(29)15-27(4)5)20-8-9-21-19-7-6-17-14-18(28)10-12-24(17,2)22(19)11-13-25(20,21)3;/h14,19-22H,6-13,15H2,1-5H3;1H/b26-16+;/t19-,20+,21-,22-,24-,25+;/m0./s1. The summed E-state index contributed by atoms with van der Waals surface area (Å²) in [5, 5.41) is 4.29. The molecule has 3 fully saturated rings. The number of ketones is 1. The van der Waals surface area contributed by atoms with Crippen molar-refractivity contribution in [1.29, 1.82) is 0 Å². The molecular formula is C25H39IN2O3. The molecule has 0 bridgehead atoms. The molecule has 0 aliphatic heterocycles. The van der Waals surface area contributed by atoms with Crippen LogP contribution in [0.1, 0.15) is 72.1 Å². The van der Waals surface area contributed by atoms with Crippen molar-refractivity contribution in [3.8, 4) is 0 Å². The fourth-order valence-corrected chi connectivity index (χ4v) is 7.75. The van der Waals surface area contributed by atoms with Crippen LogP contribution in [0.3, 0.4) is 0 Å². The number of hydrogen-bond donors (Lipinski definition) is 1. The molecule has 1 N–H and O–H groups in total. The number of nitrogens with one attached hydrogen (secondary N) is 1. The number of carbonyl (C=O) groups is 2. The number of oxime groups is 1. The Bertz CT molecular complexity index is 792. The molecule has 0 unspecified atom stereocenters. The number of allylic oxidation sites excluding steroid dienone is 1. The van der Waals surface area contributed by atoms with Crippen molar-refractivity contribution in [3.05, 3.63) is 11.6 Å². The Morgan fingerprint density at radius 2 is 1.87 bits per heavy atom. The summed E-state index contributed by atoms with van der Waals surface area (Å²) in [7, 11) is 3.87. The molecule has 4 rings (SSSR count). The zero-order valence-corrected chi connectivity index (χ0v) is 22.0. The first-order chi connectivity index (χ1) is 14.1. The van der Waals surface area contributed by atoms with E-state index in [4.69, 9.17) is 4.84 Å². The van der Waals surface area contributed by atoms with Gasteiger partial charge in [0.2, 0.25) is 0 Å². The van der Waals surface area contributed by atoms with E-state index in [9.17, 15) is 9.59 Å². The molecule has 31 heavy (non-hydrogen) atoms. The van der Waals surface area contributed by atoms with Crippen LogP contribution < -0.4 is 28.9 Å². The molecule has 3 saturated carbocycles. The Labute approximate surface area is 204 Å². The van der Waals surface area contributed by atoms with Crippen molar-refractivity contribution in [2.75, 3.05) is 20.6 Å². The van der Waals surface area contributed by atoms with E-state index in [1.165, 1.54) is 31.3 Å². The SMILES string of the molecule is C/C(=N\OC(=O)C[NH+](C)C)[C@H]1CC[C@H]2[C@@H]3CCC4=CC(=O)CC[C@]4(C)[C@H]3CC[C@]12C.[I-]. The molecule has 0 saturated heterocycles. The molecule has 4 aliphatic carbocycles. The van der Waals surface area contributed by atoms with Crippen molar-refractivity contribution >= 4 is 17.5 Å². The monoisotopic (exact) mass is 542 g/mol. The summed E-state index contributed by atoms with van der Waals surface area (Å²) in [4.78, 5) is 30.2. The molecule has 6 atom stereocenters. The largest absolute Gasteiger partial charge is 1.00 e. The quantitative estimate of drug-likeness (QED) is 0.239. The van der Waals surface area contributed by atoms with Gasteiger partial charge in [-0.05, 0) is 86.5 Å². The van der Waals surface area contributed by atoms with Crippen molar-refractivity contribution in [1.82, 2.24) is 0 Å². The van der Waals surface area contributed by atoms with Gasteiger partial charge in [0.05, 0.1) is 19.8 Å². The number of fused-ring (bicyclic) bond motifs is 5. The molecule has 0 aromatic rings. The highest BCUT2D eigenvalue weighted by atomic mass is 127. The third-order valence-electron chi connectivity index (χ3n) is 9.26. The summed E-state index contributed by atoms with van der Waals surface area (Å²) < 4.78 is 0. The smallest absolute Gasteiger partial charge is 0.388 e. The molecule has 174 valence electrons. The Balaban J connectivity index is 0.00000272. The van der Waals surface area contributed by atoms with Gasteiger partial charge in [-0.2, -0.15) is 0 Å². The summed E-state index contributed by atoms with van der Waals surface area (Å²) in [5.74, 6) is 2.64. The summed E-state index contributed by atoms with van der Waals surface area (Å²) in [6.45, 7) is 7.29. The van der Waals surface area contributed by atoms with Gasteiger partial charge in [-0.25, -0.2) is 4.79 Å². The highest BCUT2D eigenvalue weighted by Gasteiger charge is 2.59. The molecule has 6 heteroatoms. The van der Waals surface area contributed by atoms with Crippen LogP contribution >= 0.6 is 0 Å². The minimum atomic E-state index is -0.260. The van der Waals surface area contributed by atoms with E-state index in [2.05, 4.69) is 25.9 Å². The van der Waals surface area contributed by atoms with Crippen LogP contribution in [0.15, 0.2) is 16.8 Å². The number of carbonyl (C=O) groups excluding carboxylic acids is 2. The zero-order chi connectivity index (χ0) is 21.7. The summed E-state index contributed by atoms with van der Waals surface area (Å²) in [6.07, 6.45) is 10.9. The van der Waals surface area contributed by atoms with E-state index in [-0.39, 0.29) is 40.8 Å². The Hall–Kier alpha value is -0.760. The van der Waals surface area contributed by atoms with Gasteiger partial charge < -0.3 is 33.7 Å². The average molecular weight is 543 g/mol. The molecule has 0 spiro atoms. The maximum Gasteiger partial charge on any atom is 0.388 e. The maximum absolute atomic E-state index is 12.0. The van der Waals surface area contributed by atoms with Gasteiger partial charge in [0.25, 0.3) is 0 Å². The van der Waals surface area contributed by atoms with Gasteiger partial charge in [0, 0.05) is 12.3 Å². The fourth-order valence-electron chi connectivity index (χ4n) is 7.75. The molecule has 4 aliphatic rings. The predicted molar refractivity (Wildman–Crippen MR) is 117 cm³/mol. The van der Waals surface area contributed by atoms with Gasteiger partial charge in [-0.3, -0.25) is 4.79 Å². The summed E-state index contributed by atoms with van der Waals surface area (Å²) in [6, 6.07) is 0. The van der Waals surface area contributed by atoms with Gasteiger partial charge in [0.15, 0.2) is 12.3 Å². The maximum atomic E-state index is 12.0. The van der Waals surface area contributed by atoms with E-state index in [0.29, 0.717) is 30.1 Å². The van der Waals surface area contributed by atoms with Crippen molar-refractivity contribution in [2.45, 2.75) is 72.1 Å². The van der Waals surface area contributed by atoms with Crippen molar-refractivity contribution < 1.29 is 43.3 Å². The van der Waals surface area contributed by atoms with Gasteiger partial charge >= 0.3 is 5.97 Å². The van der Waals surface area contributed by atoms with Crippen LogP contribution in [0.25, 0.3) is 0 Å². The first kappa shape index (κ1) is 24.9. The Kier molecular flexibility index (Phi) is 7.41. The number of quaternary nitrogens is 1. The number of hydrogen-bond acceptors (Lipinski definition) is 4. The molecule has 0 aromatic heterocycles. The topological polar surface area (TPSA) is 60.2 Å². The lowest BCUT2D eigenvalue weighted by Gasteiger charge is -2.58. The second kappa shape index (κ2) is 9.24. The van der Waals surface area contributed by atoms with E-state index in [0.717, 1.165) is 42.2 Å². The lowest BCUT2D eigenvalue weighted by Crippen LogP contribution is -3.06. The number of nitrogens with zero attached hydrogens (tertiary/aromatic N) is 1. The van der Waals surface area contributed by atoms with E-state index >= 15 is 0 Å². The first-order valence-electron chi connectivity index (χ1n) is 11.9. The lowest BCUT2D eigenvalue weighted by molar-refractivity contribution is -0.850. The summed E-state index contributed by atoms with van der Waals surface area (Å²) >= 11 is 0. The molecule has 5 nitrogen and oxygen atoms in total. The molecule has 0 amide bonds. The van der Waals surface area contributed by atoms with Crippen LogP contribution in [-0.4, -0.2) is 38.1 Å². The highest BCUT2D eigenvalue weighted by Crippen LogP contribution is 2.66. The number of rotatable bonds is 4. The van der Waals surface area contributed by atoms with Gasteiger partial charge in [-0.1, -0.05) is 24.6 Å². The van der Waals surface area contributed by atoms with Crippen LogP contribution in [-0.2, 0) is 14.4 Å². The lowest BCUT2D eigenvalue weighted by atomic mass is 9.46. The third kappa shape index (κ3) is 4.40.